The van der Waals surface area contributed by atoms with Gasteiger partial charge in [-0.25, -0.2) is 0 Å². The number of benzene rings is 4. The SMILES string of the molecule is CC(CCC(=O)OCCOc1ccc(OC(OCc2cccc3ccccc23)c2ccccc2)cc1)=C(F)F. The van der Waals surface area contributed by atoms with Crippen LogP contribution >= 0.6 is 0 Å². The molecule has 7 heteroatoms. The molecule has 0 spiro atoms. The summed E-state index contributed by atoms with van der Waals surface area (Å²) in [6.45, 7) is 1.83. The number of ether oxygens (including phenoxy) is 4. The Morgan fingerprint density at radius 3 is 2.23 bits per heavy atom. The van der Waals surface area contributed by atoms with Crippen LogP contribution in [0.4, 0.5) is 8.78 Å². The molecule has 0 aliphatic rings. The summed E-state index contributed by atoms with van der Waals surface area (Å²) >= 11 is 0. The van der Waals surface area contributed by atoms with Crippen molar-refractivity contribution < 1.29 is 32.5 Å². The zero-order valence-corrected chi connectivity index (χ0v) is 21.6. The van der Waals surface area contributed by atoms with Crippen LogP contribution in [-0.4, -0.2) is 19.2 Å². The quantitative estimate of drug-likeness (QED) is 0.0992. The number of halogens is 2. The predicted octanol–water partition coefficient (Wildman–Crippen LogP) is 8.01. The van der Waals surface area contributed by atoms with Gasteiger partial charge in [0, 0.05) is 12.0 Å². The molecule has 0 aliphatic heterocycles. The fourth-order valence-corrected chi connectivity index (χ4v) is 3.90. The third-order valence-electron chi connectivity index (χ3n) is 6.05. The van der Waals surface area contributed by atoms with Crippen LogP contribution in [0.2, 0.25) is 0 Å². The lowest BCUT2D eigenvalue weighted by atomic mass is 10.1. The standard InChI is InChI=1S/C32H30F2O5/c1-23(31(33)34)14-19-30(35)37-21-20-36-27-15-17-28(18-16-27)39-32(25-9-3-2-4-10-25)38-22-26-12-7-11-24-8-5-6-13-29(24)26/h2-13,15-18,32H,14,19-22H2,1H3. The van der Waals surface area contributed by atoms with Gasteiger partial charge < -0.3 is 18.9 Å². The van der Waals surface area contributed by atoms with E-state index in [-0.39, 0.29) is 31.6 Å². The Balaban J connectivity index is 1.31. The Hall–Kier alpha value is -4.23. The Morgan fingerprint density at radius 1 is 0.769 bits per heavy atom. The summed E-state index contributed by atoms with van der Waals surface area (Å²) in [7, 11) is 0. The fourth-order valence-electron chi connectivity index (χ4n) is 3.90. The highest BCUT2D eigenvalue weighted by Crippen LogP contribution is 2.27. The van der Waals surface area contributed by atoms with Crippen molar-refractivity contribution in [1.82, 2.24) is 0 Å². The van der Waals surface area contributed by atoms with E-state index < -0.39 is 18.3 Å². The summed E-state index contributed by atoms with van der Waals surface area (Å²) < 4.78 is 47.9. The first kappa shape index (κ1) is 27.8. The Kier molecular flexibility index (Phi) is 10.0. The van der Waals surface area contributed by atoms with E-state index >= 15 is 0 Å². The van der Waals surface area contributed by atoms with Gasteiger partial charge in [0.1, 0.15) is 24.7 Å². The molecule has 202 valence electrons. The maximum atomic E-state index is 12.4. The third kappa shape index (κ3) is 8.38. The summed E-state index contributed by atoms with van der Waals surface area (Å²) in [5.74, 6) is 0.632. The lowest BCUT2D eigenvalue weighted by Gasteiger charge is -2.21. The Labute approximate surface area is 226 Å². The van der Waals surface area contributed by atoms with Crippen LogP contribution in [-0.2, 0) is 20.9 Å². The van der Waals surface area contributed by atoms with Gasteiger partial charge in [-0.05, 0) is 59.5 Å². The number of hydrogen-bond donors (Lipinski definition) is 0. The van der Waals surface area contributed by atoms with Gasteiger partial charge in [0.2, 0.25) is 6.29 Å². The van der Waals surface area contributed by atoms with Crippen LogP contribution < -0.4 is 9.47 Å². The minimum atomic E-state index is -1.76. The van der Waals surface area contributed by atoms with Gasteiger partial charge in [-0.15, -0.1) is 0 Å². The Morgan fingerprint density at radius 2 is 1.46 bits per heavy atom. The van der Waals surface area contributed by atoms with Crippen molar-refractivity contribution >= 4 is 16.7 Å². The molecule has 4 rings (SSSR count). The zero-order chi connectivity index (χ0) is 27.5. The number of rotatable bonds is 13. The van der Waals surface area contributed by atoms with E-state index in [2.05, 4.69) is 24.3 Å². The van der Waals surface area contributed by atoms with Gasteiger partial charge in [0.15, 0.2) is 0 Å². The zero-order valence-electron chi connectivity index (χ0n) is 21.6. The van der Waals surface area contributed by atoms with Crippen molar-refractivity contribution in [3.63, 3.8) is 0 Å². The maximum Gasteiger partial charge on any atom is 0.306 e. The Bertz CT molecular complexity index is 1380. The number of esters is 1. The molecule has 0 saturated heterocycles. The molecule has 1 atom stereocenters. The molecule has 0 N–H and O–H groups in total. The second-order valence-electron chi connectivity index (χ2n) is 8.89. The van der Waals surface area contributed by atoms with E-state index in [4.69, 9.17) is 18.9 Å². The highest BCUT2D eigenvalue weighted by molar-refractivity contribution is 5.85. The van der Waals surface area contributed by atoms with E-state index in [1.807, 2.05) is 48.5 Å². The summed E-state index contributed by atoms with van der Waals surface area (Å²) in [5.41, 5.74) is 1.85. The highest BCUT2D eigenvalue weighted by Gasteiger charge is 2.15. The highest BCUT2D eigenvalue weighted by atomic mass is 19.3. The van der Waals surface area contributed by atoms with Crippen LogP contribution in [0.5, 0.6) is 11.5 Å². The summed E-state index contributed by atoms with van der Waals surface area (Å²) in [6, 6.07) is 31.1. The number of hydrogen-bond acceptors (Lipinski definition) is 5. The molecule has 0 bridgehead atoms. The lowest BCUT2D eigenvalue weighted by molar-refractivity contribution is -0.144. The van der Waals surface area contributed by atoms with Crippen LogP contribution in [0.25, 0.3) is 10.8 Å². The van der Waals surface area contributed by atoms with Crippen LogP contribution in [0, 0.1) is 0 Å². The molecule has 0 saturated carbocycles. The molecule has 4 aromatic rings. The minimum absolute atomic E-state index is 0.0239. The van der Waals surface area contributed by atoms with Crippen LogP contribution in [0.1, 0.15) is 37.2 Å². The third-order valence-corrected chi connectivity index (χ3v) is 6.05. The molecule has 5 nitrogen and oxygen atoms in total. The van der Waals surface area contributed by atoms with Gasteiger partial charge in [0.25, 0.3) is 6.08 Å². The largest absolute Gasteiger partial charge is 0.490 e. The fraction of sp³-hybridized carbons (Fsp3) is 0.219. The number of allylic oxidation sites excluding steroid dienone is 1. The van der Waals surface area contributed by atoms with Gasteiger partial charge in [-0.3, -0.25) is 4.79 Å². The summed E-state index contributed by atoms with van der Waals surface area (Å²) in [6.07, 6.45) is -2.51. The van der Waals surface area contributed by atoms with Crippen LogP contribution in [0.3, 0.4) is 0 Å². The molecule has 0 aliphatic carbocycles. The first-order chi connectivity index (χ1) is 19.0. The summed E-state index contributed by atoms with van der Waals surface area (Å²) in [5, 5.41) is 2.29. The first-order valence-electron chi connectivity index (χ1n) is 12.7. The van der Waals surface area contributed by atoms with Gasteiger partial charge in [-0.1, -0.05) is 72.8 Å². The van der Waals surface area contributed by atoms with Gasteiger partial charge in [0.05, 0.1) is 6.61 Å². The number of carbonyl (C=O) groups excluding carboxylic acids is 1. The van der Waals surface area contributed by atoms with Crippen molar-refractivity contribution in [3.05, 3.63) is 120 Å². The minimum Gasteiger partial charge on any atom is -0.490 e. The molecular formula is C32H30F2O5. The second-order valence-corrected chi connectivity index (χ2v) is 8.89. The lowest BCUT2D eigenvalue weighted by Crippen LogP contribution is -2.13. The first-order valence-corrected chi connectivity index (χ1v) is 12.7. The monoisotopic (exact) mass is 532 g/mol. The molecule has 0 radical (unpaired) electrons. The normalized spacial score (nSPS) is 11.6. The maximum absolute atomic E-state index is 12.4. The summed E-state index contributed by atoms with van der Waals surface area (Å²) in [4.78, 5) is 11.7. The average molecular weight is 533 g/mol. The molecule has 4 aromatic carbocycles. The van der Waals surface area contributed by atoms with Crippen molar-refractivity contribution in [3.8, 4) is 11.5 Å². The smallest absolute Gasteiger partial charge is 0.306 e. The van der Waals surface area contributed by atoms with Crippen molar-refractivity contribution in [2.24, 2.45) is 0 Å². The van der Waals surface area contributed by atoms with E-state index in [0.29, 0.717) is 18.1 Å². The molecule has 0 amide bonds. The van der Waals surface area contributed by atoms with Crippen LogP contribution in [0.15, 0.2) is 109 Å². The molecule has 0 fully saturated rings. The van der Waals surface area contributed by atoms with E-state index in [1.54, 1.807) is 24.3 Å². The number of carbonyl (C=O) groups is 1. The van der Waals surface area contributed by atoms with Crippen molar-refractivity contribution in [2.45, 2.75) is 32.7 Å². The average Bonchev–Trinajstić information content (AvgIpc) is 2.97. The molecule has 39 heavy (non-hydrogen) atoms. The van der Waals surface area contributed by atoms with E-state index in [1.165, 1.54) is 6.92 Å². The topological polar surface area (TPSA) is 54.0 Å². The van der Waals surface area contributed by atoms with E-state index in [9.17, 15) is 13.6 Å². The molecular weight excluding hydrogens is 502 g/mol. The molecule has 1 unspecified atom stereocenters. The molecule has 0 aromatic heterocycles. The predicted molar refractivity (Wildman–Crippen MR) is 146 cm³/mol. The van der Waals surface area contributed by atoms with Crippen molar-refractivity contribution in [1.29, 1.82) is 0 Å². The van der Waals surface area contributed by atoms with Gasteiger partial charge in [-0.2, -0.15) is 8.78 Å². The van der Waals surface area contributed by atoms with Gasteiger partial charge >= 0.3 is 5.97 Å². The number of fused-ring (bicyclic) bond motifs is 1. The van der Waals surface area contributed by atoms with E-state index in [0.717, 1.165) is 21.9 Å². The van der Waals surface area contributed by atoms with Crippen molar-refractivity contribution in [2.75, 3.05) is 13.2 Å². The second kappa shape index (κ2) is 14.1. The molecule has 0 heterocycles.